The average Bonchev–Trinajstić information content (AvgIpc) is 2.86. The maximum Gasteiger partial charge on any atom is 0.339 e. The number of hydrogen-bond donors (Lipinski definition) is 3. The zero-order valence-corrected chi connectivity index (χ0v) is 16.2. The normalized spacial score (nSPS) is 11.0. The van der Waals surface area contributed by atoms with Crippen LogP contribution in [0.4, 0.5) is 10.7 Å². The Labute approximate surface area is 159 Å². The van der Waals surface area contributed by atoms with Crippen LogP contribution in [0.25, 0.3) is 0 Å². The first-order valence-electron chi connectivity index (χ1n) is 7.60. The molecule has 2 heterocycles. The van der Waals surface area contributed by atoms with Crippen LogP contribution in [0.15, 0.2) is 6.07 Å². The van der Waals surface area contributed by atoms with Gasteiger partial charge in [-0.1, -0.05) is 0 Å². The summed E-state index contributed by atoms with van der Waals surface area (Å²) in [6, 6.07) is 0.212. The van der Waals surface area contributed by atoms with Gasteiger partial charge in [-0.25, -0.2) is 22.7 Å². The lowest BCUT2D eigenvalue weighted by molar-refractivity contribution is 0.0695. The van der Waals surface area contributed by atoms with E-state index < -0.39 is 27.8 Å². The number of aromatic carboxylic acids is 1. The summed E-state index contributed by atoms with van der Waals surface area (Å²) >= 11 is 0. The fourth-order valence-corrected chi connectivity index (χ4v) is 3.40. The molecule has 0 saturated heterocycles. The topological polar surface area (TPSA) is 175 Å². The van der Waals surface area contributed by atoms with Gasteiger partial charge in [0.2, 0.25) is 27.7 Å². The van der Waals surface area contributed by atoms with E-state index in [1.165, 1.54) is 34.3 Å². The molecule has 0 saturated carbocycles. The summed E-state index contributed by atoms with van der Waals surface area (Å²) in [6.45, 7) is 1.44. The molecule has 0 aliphatic heterocycles. The van der Waals surface area contributed by atoms with Crippen molar-refractivity contribution in [1.29, 1.82) is 0 Å². The van der Waals surface area contributed by atoms with Gasteiger partial charge < -0.3 is 14.6 Å². The minimum absolute atomic E-state index is 0.0791. The Morgan fingerprint density at radius 3 is 2.29 bits per heavy atom. The number of aromatic nitrogens is 4. The van der Waals surface area contributed by atoms with Crippen LogP contribution in [0.3, 0.4) is 0 Å². The molecule has 0 aliphatic carbocycles. The van der Waals surface area contributed by atoms with Crippen molar-refractivity contribution in [1.82, 2.24) is 24.5 Å². The first-order chi connectivity index (χ1) is 13.1. The van der Waals surface area contributed by atoms with Crippen LogP contribution in [0, 0.1) is 6.92 Å². The Balaban J connectivity index is 2.17. The van der Waals surface area contributed by atoms with Gasteiger partial charge in [-0.2, -0.15) is 15.1 Å². The molecule has 3 N–H and O–H groups in total. The summed E-state index contributed by atoms with van der Waals surface area (Å²) in [5.74, 6) is -2.19. The number of methoxy groups -OCH3 is 2. The number of nitrogens with zero attached hydrogens (tertiary/aromatic N) is 4. The number of carbonyl (C=O) groups is 2. The molecule has 0 unspecified atom stereocenters. The maximum absolute atomic E-state index is 12.3. The van der Waals surface area contributed by atoms with Gasteiger partial charge in [0.1, 0.15) is 11.3 Å². The van der Waals surface area contributed by atoms with Crippen molar-refractivity contribution in [2.24, 2.45) is 7.05 Å². The molecular weight excluding hydrogens is 396 g/mol. The third-order valence-electron chi connectivity index (χ3n) is 3.45. The number of carboxylic acid groups (broad SMARTS) is 1. The van der Waals surface area contributed by atoms with Crippen molar-refractivity contribution in [3.05, 3.63) is 23.0 Å². The lowest BCUT2D eigenvalue weighted by Crippen LogP contribution is -2.36. The number of amides is 2. The van der Waals surface area contributed by atoms with E-state index in [1.807, 2.05) is 0 Å². The van der Waals surface area contributed by atoms with Crippen LogP contribution >= 0.6 is 0 Å². The van der Waals surface area contributed by atoms with Gasteiger partial charge in [0.05, 0.1) is 31.7 Å². The number of aryl methyl sites for hydroxylation is 2. The molecule has 14 heteroatoms. The Morgan fingerprint density at radius 2 is 1.79 bits per heavy atom. The zero-order valence-electron chi connectivity index (χ0n) is 15.4. The van der Waals surface area contributed by atoms with E-state index in [0.29, 0.717) is 0 Å². The summed E-state index contributed by atoms with van der Waals surface area (Å²) in [6.07, 6.45) is 0. The highest BCUT2D eigenvalue weighted by Gasteiger charge is 2.26. The number of urea groups is 1. The molecule has 2 aromatic heterocycles. The number of sulfonamides is 1. The quantitative estimate of drug-likeness (QED) is 0.554. The number of ether oxygens (including phenoxy) is 2. The van der Waals surface area contributed by atoms with Gasteiger partial charge in [-0.3, -0.25) is 10.00 Å². The van der Waals surface area contributed by atoms with Crippen molar-refractivity contribution < 1.29 is 32.6 Å². The van der Waals surface area contributed by atoms with Gasteiger partial charge in [0, 0.05) is 7.05 Å². The van der Waals surface area contributed by atoms with Gasteiger partial charge in [-0.05, 0) is 6.92 Å². The molecule has 0 bridgehead atoms. The Kier molecular flexibility index (Phi) is 6.03. The second-order valence-electron chi connectivity index (χ2n) is 5.43. The third kappa shape index (κ3) is 4.85. The molecule has 0 spiro atoms. The number of hydrogen-bond acceptors (Lipinski definition) is 9. The minimum atomic E-state index is -4.25. The van der Waals surface area contributed by atoms with E-state index in [4.69, 9.17) is 9.47 Å². The van der Waals surface area contributed by atoms with Gasteiger partial charge in [-0.15, -0.1) is 0 Å². The number of carbonyl (C=O) groups excluding carboxylic acids is 1. The fourth-order valence-electron chi connectivity index (χ4n) is 2.30. The van der Waals surface area contributed by atoms with Crippen molar-refractivity contribution in [2.45, 2.75) is 12.7 Å². The van der Waals surface area contributed by atoms with Crippen molar-refractivity contribution >= 4 is 28.0 Å². The molecule has 0 aliphatic rings. The number of rotatable bonds is 7. The standard InChI is InChI=1S/C14H18N6O7S/c1-7-11(12(21)22)8(20(2)18-7)6-28(24,25)19-14(23)17-13-15-9(26-3)5-10(16-13)27-4/h5H,6H2,1-4H3,(H,21,22)(H2,15,16,17,19,23). The van der Waals surface area contributed by atoms with Crippen molar-refractivity contribution in [3.8, 4) is 11.8 Å². The van der Waals surface area contributed by atoms with Crippen LogP contribution in [0.5, 0.6) is 11.8 Å². The molecule has 152 valence electrons. The van der Waals surface area contributed by atoms with Crippen LogP contribution < -0.4 is 19.5 Å². The average molecular weight is 414 g/mol. The van der Waals surface area contributed by atoms with Gasteiger partial charge >= 0.3 is 12.0 Å². The van der Waals surface area contributed by atoms with Crippen LogP contribution in [-0.4, -0.2) is 59.5 Å². The Bertz CT molecular complexity index is 995. The monoisotopic (exact) mass is 414 g/mol. The van der Waals surface area contributed by atoms with Crippen molar-refractivity contribution in [3.63, 3.8) is 0 Å². The lowest BCUT2D eigenvalue weighted by Gasteiger charge is -2.10. The zero-order chi connectivity index (χ0) is 21.1. The second kappa shape index (κ2) is 8.08. The van der Waals surface area contributed by atoms with E-state index in [2.05, 4.69) is 20.4 Å². The summed E-state index contributed by atoms with van der Waals surface area (Å²) in [5, 5.41) is 15.3. The molecular formula is C14H18N6O7S. The highest BCUT2D eigenvalue weighted by Crippen LogP contribution is 2.18. The smallest absolute Gasteiger partial charge is 0.339 e. The first-order valence-corrected chi connectivity index (χ1v) is 9.25. The van der Waals surface area contributed by atoms with Crippen LogP contribution in [-0.2, 0) is 22.8 Å². The summed E-state index contributed by atoms with van der Waals surface area (Å²) < 4.78 is 37.3. The highest BCUT2D eigenvalue weighted by atomic mass is 32.2. The number of anilines is 1. The SMILES string of the molecule is COc1cc(OC)nc(NC(=O)NS(=O)(=O)Cc2c(C(=O)O)c(C)nn2C)n1. The Hall–Kier alpha value is -3.42. The molecule has 0 aromatic carbocycles. The minimum Gasteiger partial charge on any atom is -0.481 e. The van der Waals surface area contributed by atoms with E-state index in [1.54, 1.807) is 4.72 Å². The summed E-state index contributed by atoms with van der Waals surface area (Å²) in [5.41, 5.74) is -0.166. The second-order valence-corrected chi connectivity index (χ2v) is 7.15. The van der Waals surface area contributed by atoms with Gasteiger partial charge in [0.25, 0.3) is 0 Å². The Morgan fingerprint density at radius 1 is 1.21 bits per heavy atom. The highest BCUT2D eigenvalue weighted by molar-refractivity contribution is 7.89. The summed E-state index contributed by atoms with van der Waals surface area (Å²) in [4.78, 5) is 31.0. The molecule has 0 fully saturated rings. The predicted molar refractivity (Wildman–Crippen MR) is 94.8 cm³/mol. The molecule has 13 nitrogen and oxygen atoms in total. The molecule has 28 heavy (non-hydrogen) atoms. The van der Waals surface area contributed by atoms with Crippen LogP contribution in [0.2, 0.25) is 0 Å². The first kappa shape index (κ1) is 20.9. The molecule has 2 aromatic rings. The third-order valence-corrected chi connectivity index (χ3v) is 4.60. The fraction of sp³-hybridized carbons (Fsp3) is 0.357. The van der Waals surface area contributed by atoms with Crippen LogP contribution in [0.1, 0.15) is 21.7 Å². The van der Waals surface area contributed by atoms with E-state index >= 15 is 0 Å². The van der Waals surface area contributed by atoms with E-state index in [-0.39, 0.29) is 34.7 Å². The lowest BCUT2D eigenvalue weighted by atomic mass is 10.2. The maximum atomic E-state index is 12.3. The largest absolute Gasteiger partial charge is 0.481 e. The van der Waals surface area contributed by atoms with Crippen molar-refractivity contribution in [2.75, 3.05) is 19.5 Å². The van der Waals surface area contributed by atoms with E-state index in [9.17, 15) is 23.1 Å². The number of carboxylic acids is 1. The summed E-state index contributed by atoms with van der Waals surface area (Å²) in [7, 11) is -0.173. The molecule has 0 radical (unpaired) electrons. The molecule has 2 rings (SSSR count). The van der Waals surface area contributed by atoms with Gasteiger partial charge in [0.15, 0.2) is 0 Å². The molecule has 0 atom stereocenters. The number of nitrogens with one attached hydrogen (secondary N) is 2. The molecule has 2 amide bonds. The van der Waals surface area contributed by atoms with E-state index in [0.717, 1.165) is 4.68 Å². The predicted octanol–water partition coefficient (Wildman–Crippen LogP) is -0.115.